The van der Waals surface area contributed by atoms with Crippen LogP contribution in [0.25, 0.3) is 0 Å². The molecular formula is C39H64N4O16. The van der Waals surface area contributed by atoms with Crippen molar-refractivity contribution in [2.24, 2.45) is 5.92 Å². The quantitative estimate of drug-likeness (QED) is 0.0481. The lowest BCUT2D eigenvalue weighted by molar-refractivity contribution is -0.355. The van der Waals surface area contributed by atoms with Gasteiger partial charge in [0.2, 0.25) is 11.8 Å². The van der Waals surface area contributed by atoms with Gasteiger partial charge in [-0.1, -0.05) is 71.3 Å². The van der Waals surface area contributed by atoms with Crippen LogP contribution in [0.4, 0.5) is 0 Å². The van der Waals surface area contributed by atoms with Gasteiger partial charge in [-0.25, -0.2) is 4.79 Å². The van der Waals surface area contributed by atoms with Crippen LogP contribution in [0, 0.1) is 5.92 Å². The standard InChI is InChI=1S/C39H64N4O16/c1-21(2)14-12-10-8-6-4-5-7-9-11-13-15-26(47)41-29-33(52)35(56-25-20-55-36(34(53)31(25)50)43-17-16-27(48)42-39(43)54)24(19-45)58-38(29)59-37-28(40-22(3)46)32(51)30(49)23(18-44)57-37/h13,15-17,21,23-25,28-38,44-45,49-53H,4-12,14,18-20H2,1-3H3,(H,40,46)(H,41,47)(H,42,48,54). The molecule has 10 N–H and O–H groups in total. The van der Waals surface area contributed by atoms with Crippen molar-refractivity contribution in [3.05, 3.63) is 45.3 Å². The Balaban J connectivity index is 1.46. The number of aliphatic hydroxyl groups is 7. The second-order valence-electron chi connectivity index (χ2n) is 15.9. The predicted molar refractivity (Wildman–Crippen MR) is 207 cm³/mol. The van der Waals surface area contributed by atoms with E-state index in [9.17, 15) is 54.9 Å². The number of hydrogen-bond acceptors (Lipinski definition) is 16. The minimum absolute atomic E-state index is 0.453. The average molecular weight is 845 g/mol. The monoisotopic (exact) mass is 844 g/mol. The summed E-state index contributed by atoms with van der Waals surface area (Å²) in [6.07, 6.45) is -4.20. The molecule has 14 atom stereocenters. The first kappa shape index (κ1) is 48.5. The van der Waals surface area contributed by atoms with E-state index in [2.05, 4.69) is 24.5 Å². The van der Waals surface area contributed by atoms with E-state index in [1.54, 1.807) is 6.08 Å². The molecular weight excluding hydrogens is 780 g/mol. The summed E-state index contributed by atoms with van der Waals surface area (Å²) < 4.78 is 30.2. The average Bonchev–Trinajstić information content (AvgIpc) is 3.19. The van der Waals surface area contributed by atoms with Gasteiger partial charge in [0.15, 0.2) is 18.8 Å². The number of rotatable bonds is 21. The van der Waals surface area contributed by atoms with Crippen LogP contribution < -0.4 is 21.9 Å². The molecule has 1 aromatic rings. The van der Waals surface area contributed by atoms with Crippen molar-refractivity contribution in [3.8, 4) is 0 Å². The lowest BCUT2D eigenvalue weighted by atomic mass is 9.94. The molecule has 0 saturated carbocycles. The maximum Gasteiger partial charge on any atom is 0.330 e. The molecule has 14 unspecified atom stereocenters. The number of hydrogen-bond donors (Lipinski definition) is 10. The van der Waals surface area contributed by atoms with Gasteiger partial charge in [0.05, 0.1) is 19.8 Å². The summed E-state index contributed by atoms with van der Waals surface area (Å²) in [5, 5.41) is 80.4. The Hall–Kier alpha value is -3.12. The first-order valence-corrected chi connectivity index (χ1v) is 20.6. The molecule has 0 aliphatic carbocycles. The van der Waals surface area contributed by atoms with Gasteiger partial charge in [-0.15, -0.1) is 0 Å². The first-order valence-electron chi connectivity index (χ1n) is 20.6. The van der Waals surface area contributed by atoms with Crippen LogP contribution in [0.2, 0.25) is 0 Å². The molecule has 0 aromatic carbocycles. The number of nitrogens with zero attached hydrogens (tertiary/aromatic N) is 1. The number of unbranched alkanes of at least 4 members (excludes halogenated alkanes) is 8. The lowest BCUT2D eigenvalue weighted by Gasteiger charge is -2.49. The fraction of sp³-hybridized carbons (Fsp3) is 0.795. The summed E-state index contributed by atoms with van der Waals surface area (Å²) in [5.41, 5.74) is -1.60. The third-order valence-electron chi connectivity index (χ3n) is 10.8. The number of allylic oxidation sites excluding steroid dienone is 1. The van der Waals surface area contributed by atoms with Gasteiger partial charge in [0, 0.05) is 19.2 Å². The number of H-pyrrole nitrogens is 1. The molecule has 0 bridgehead atoms. The number of aromatic nitrogens is 2. The van der Waals surface area contributed by atoms with Crippen LogP contribution in [0.15, 0.2) is 34.0 Å². The summed E-state index contributed by atoms with van der Waals surface area (Å²) >= 11 is 0. The van der Waals surface area contributed by atoms with Crippen molar-refractivity contribution in [3.63, 3.8) is 0 Å². The van der Waals surface area contributed by atoms with Crippen molar-refractivity contribution in [1.29, 1.82) is 0 Å². The lowest BCUT2D eigenvalue weighted by Crippen LogP contribution is -2.69. The van der Waals surface area contributed by atoms with E-state index in [1.807, 2.05) is 4.98 Å². The zero-order valence-electron chi connectivity index (χ0n) is 33.9. The Bertz CT molecular complexity index is 1590. The van der Waals surface area contributed by atoms with Crippen molar-refractivity contribution in [1.82, 2.24) is 20.2 Å². The third-order valence-corrected chi connectivity index (χ3v) is 10.8. The zero-order valence-corrected chi connectivity index (χ0v) is 33.9. The van der Waals surface area contributed by atoms with Crippen LogP contribution in [-0.4, -0.2) is 157 Å². The summed E-state index contributed by atoms with van der Waals surface area (Å²) in [4.78, 5) is 51.3. The van der Waals surface area contributed by atoms with Crippen molar-refractivity contribution in [2.75, 3.05) is 19.8 Å². The van der Waals surface area contributed by atoms with Crippen LogP contribution in [-0.2, 0) is 33.3 Å². The number of aliphatic hydroxyl groups excluding tert-OH is 7. The number of aromatic amines is 1. The maximum atomic E-state index is 13.3. The van der Waals surface area contributed by atoms with Crippen LogP contribution in [0.5, 0.6) is 0 Å². The SMILES string of the molecule is CC(=O)NC1C(OC2OC(CO)C(OC3COC(n4ccc(=O)[nH]c4=O)C(O)C3O)C(O)C2NC(=O)C=CCCCCCCCCCCC(C)C)OC(CO)C(O)C1O. The Kier molecular flexibility index (Phi) is 19.6. The van der Waals surface area contributed by atoms with Gasteiger partial charge >= 0.3 is 5.69 Å². The van der Waals surface area contributed by atoms with E-state index in [0.29, 0.717) is 6.42 Å². The normalized spacial score (nSPS) is 33.9. The fourth-order valence-corrected chi connectivity index (χ4v) is 7.48. The second-order valence-corrected chi connectivity index (χ2v) is 15.9. The number of carbonyl (C=O) groups excluding carboxylic acids is 2. The molecule has 3 fully saturated rings. The molecule has 59 heavy (non-hydrogen) atoms. The number of ether oxygens (including phenoxy) is 5. The zero-order chi connectivity index (χ0) is 43.2. The molecule has 1 aromatic heterocycles. The molecule has 20 nitrogen and oxygen atoms in total. The molecule has 3 saturated heterocycles. The van der Waals surface area contributed by atoms with Crippen molar-refractivity contribution < 1.29 is 69.0 Å². The Labute approximate surface area is 342 Å². The summed E-state index contributed by atoms with van der Waals surface area (Å²) in [6.45, 7) is 3.59. The third kappa shape index (κ3) is 13.7. The summed E-state index contributed by atoms with van der Waals surface area (Å²) in [7, 11) is 0. The van der Waals surface area contributed by atoms with Gasteiger partial charge in [-0.05, 0) is 24.8 Å². The smallest absolute Gasteiger partial charge is 0.330 e. The van der Waals surface area contributed by atoms with Gasteiger partial charge in [0.1, 0.15) is 67.0 Å². The number of nitrogens with one attached hydrogen (secondary N) is 3. The second kappa shape index (κ2) is 23.8. The minimum atomic E-state index is -1.78. The van der Waals surface area contributed by atoms with E-state index < -0.39 is 129 Å². The molecule has 4 heterocycles. The van der Waals surface area contributed by atoms with Crippen LogP contribution in [0.1, 0.15) is 91.2 Å². The van der Waals surface area contributed by atoms with E-state index in [4.69, 9.17) is 23.7 Å². The van der Waals surface area contributed by atoms with Gasteiger partial charge in [-0.2, -0.15) is 0 Å². The minimum Gasteiger partial charge on any atom is -0.394 e. The molecule has 3 aliphatic heterocycles. The largest absolute Gasteiger partial charge is 0.394 e. The molecule has 0 radical (unpaired) electrons. The highest BCUT2D eigenvalue weighted by molar-refractivity contribution is 5.87. The van der Waals surface area contributed by atoms with Crippen molar-refractivity contribution >= 4 is 11.8 Å². The van der Waals surface area contributed by atoms with Gasteiger partial charge in [-0.3, -0.25) is 23.9 Å². The van der Waals surface area contributed by atoms with E-state index >= 15 is 0 Å². The Morgan fingerprint density at radius 2 is 1.44 bits per heavy atom. The first-order chi connectivity index (χ1) is 28.2. The summed E-state index contributed by atoms with van der Waals surface area (Å²) in [5.74, 6) is -0.583. The molecule has 20 heteroatoms. The Morgan fingerprint density at radius 3 is 2.05 bits per heavy atom. The fourth-order valence-electron chi connectivity index (χ4n) is 7.48. The molecule has 4 rings (SSSR count). The summed E-state index contributed by atoms with van der Waals surface area (Å²) in [6, 6.07) is -1.91. The number of carbonyl (C=O) groups is 2. The van der Waals surface area contributed by atoms with E-state index in [1.165, 1.54) is 38.2 Å². The molecule has 336 valence electrons. The van der Waals surface area contributed by atoms with Crippen LogP contribution >= 0.6 is 0 Å². The maximum absolute atomic E-state index is 13.3. The highest BCUT2D eigenvalue weighted by Gasteiger charge is 2.53. The molecule has 2 amide bonds. The molecule has 0 spiro atoms. The highest BCUT2D eigenvalue weighted by atomic mass is 16.8. The highest BCUT2D eigenvalue weighted by Crippen LogP contribution is 2.32. The van der Waals surface area contributed by atoms with Gasteiger partial charge in [0.25, 0.3) is 5.56 Å². The van der Waals surface area contributed by atoms with E-state index in [-0.39, 0.29) is 0 Å². The predicted octanol–water partition coefficient (Wildman–Crippen LogP) is -1.82. The topological polar surface area (TPSA) is 301 Å². The van der Waals surface area contributed by atoms with Crippen LogP contribution in [0.3, 0.4) is 0 Å². The van der Waals surface area contributed by atoms with Crippen molar-refractivity contribution in [2.45, 2.75) is 171 Å². The number of amides is 2. The molecule has 3 aliphatic rings. The Morgan fingerprint density at radius 1 is 0.831 bits per heavy atom. The van der Waals surface area contributed by atoms with E-state index in [0.717, 1.165) is 55.4 Å². The van der Waals surface area contributed by atoms with Gasteiger partial charge < -0.3 is 70.1 Å².